The fourth-order valence-electron chi connectivity index (χ4n) is 2.01. The topological polar surface area (TPSA) is 39.4 Å². The maximum absolute atomic E-state index is 12.2. The first-order chi connectivity index (χ1) is 12.2. The number of ether oxygens (including phenoxy) is 1. The Morgan fingerprint density at radius 1 is 1.00 bits per heavy atom. The molecule has 0 amide bonds. The van der Waals surface area contributed by atoms with Crippen LogP contribution in [0, 0.1) is 0 Å². The first-order valence-corrected chi connectivity index (χ1v) is 8.77. The van der Waals surface area contributed by atoms with Gasteiger partial charge in [-0.1, -0.05) is 45.9 Å². The van der Waals surface area contributed by atoms with Crippen molar-refractivity contribution in [2.45, 2.75) is 41.5 Å². The van der Waals surface area contributed by atoms with E-state index in [0.717, 1.165) is 11.3 Å². The molecule has 0 saturated carbocycles. The molecule has 3 heteroatoms. The van der Waals surface area contributed by atoms with Crippen LogP contribution < -0.4 is 20.8 Å². The van der Waals surface area contributed by atoms with Gasteiger partial charge in [-0.25, -0.2) is 0 Å². The van der Waals surface area contributed by atoms with Gasteiger partial charge in [-0.15, -0.1) is 0 Å². The SMILES string of the molecule is CC.CC.C\C=C/C=c1/oc(-c2ccc(OC)cc2)cc(=O)/c1=C/C. The standard InChI is InChI=1S/C18H18O3.2C2H6/c1-4-6-7-17-15(5-2)16(19)12-18(21-17)13-8-10-14(20-3)11-9-13;2*1-2/h4-12H,1-3H3;2*1-2H3/b6-4-,15-5-,17-7+;;. The maximum atomic E-state index is 12.2. The van der Waals surface area contributed by atoms with Crippen molar-refractivity contribution in [2.24, 2.45) is 0 Å². The fourth-order valence-corrected chi connectivity index (χ4v) is 2.01. The van der Waals surface area contributed by atoms with Gasteiger partial charge in [-0.3, -0.25) is 4.79 Å². The van der Waals surface area contributed by atoms with Crippen LogP contribution in [0.1, 0.15) is 41.5 Å². The van der Waals surface area contributed by atoms with E-state index >= 15 is 0 Å². The first kappa shape index (κ1) is 22.4. The van der Waals surface area contributed by atoms with E-state index in [1.165, 1.54) is 6.07 Å². The second-order valence-corrected chi connectivity index (χ2v) is 4.46. The normalized spacial score (nSPS) is 11.5. The molecular weight excluding hydrogens is 312 g/mol. The lowest BCUT2D eigenvalue weighted by Gasteiger charge is -2.03. The Kier molecular flexibility index (Phi) is 11.5. The lowest BCUT2D eigenvalue weighted by molar-refractivity contribution is 0.415. The zero-order valence-corrected chi connectivity index (χ0v) is 16.4. The number of benzene rings is 1. The zero-order valence-electron chi connectivity index (χ0n) is 16.4. The highest BCUT2D eigenvalue weighted by Gasteiger charge is 2.04. The van der Waals surface area contributed by atoms with Crippen LogP contribution in [0.25, 0.3) is 23.5 Å². The molecule has 1 heterocycles. The summed E-state index contributed by atoms with van der Waals surface area (Å²) in [6.45, 7) is 11.7. The van der Waals surface area contributed by atoms with Crippen molar-refractivity contribution < 1.29 is 9.15 Å². The molecule has 1 aromatic heterocycles. The third kappa shape index (κ3) is 6.46. The van der Waals surface area contributed by atoms with Crippen molar-refractivity contribution in [3.63, 3.8) is 0 Å². The Labute approximate surface area is 151 Å². The molecule has 0 unspecified atom stereocenters. The lowest BCUT2D eigenvalue weighted by atomic mass is 10.1. The number of hydrogen-bond acceptors (Lipinski definition) is 3. The summed E-state index contributed by atoms with van der Waals surface area (Å²) in [4.78, 5) is 12.2. The van der Waals surface area contributed by atoms with Gasteiger partial charge in [-0.05, 0) is 44.2 Å². The Morgan fingerprint density at radius 3 is 2.08 bits per heavy atom. The quantitative estimate of drug-likeness (QED) is 0.823. The van der Waals surface area contributed by atoms with E-state index in [-0.39, 0.29) is 5.43 Å². The molecule has 0 bridgehead atoms. The van der Waals surface area contributed by atoms with Crippen LogP contribution in [-0.4, -0.2) is 7.11 Å². The molecule has 2 aromatic rings. The van der Waals surface area contributed by atoms with E-state index < -0.39 is 0 Å². The van der Waals surface area contributed by atoms with Crippen LogP contribution in [0.3, 0.4) is 0 Å². The third-order valence-electron chi connectivity index (χ3n) is 3.12. The highest BCUT2D eigenvalue weighted by molar-refractivity contribution is 5.58. The minimum atomic E-state index is -0.0506. The van der Waals surface area contributed by atoms with Crippen LogP contribution in [0.5, 0.6) is 5.75 Å². The number of rotatable bonds is 3. The molecule has 0 aliphatic carbocycles. The van der Waals surface area contributed by atoms with Gasteiger partial charge in [0.25, 0.3) is 0 Å². The van der Waals surface area contributed by atoms with Gasteiger partial charge in [-0.2, -0.15) is 0 Å². The van der Waals surface area contributed by atoms with E-state index in [4.69, 9.17) is 9.15 Å². The van der Waals surface area contributed by atoms with Gasteiger partial charge >= 0.3 is 0 Å². The van der Waals surface area contributed by atoms with Crippen molar-refractivity contribution in [3.8, 4) is 17.1 Å². The van der Waals surface area contributed by atoms with Gasteiger partial charge < -0.3 is 9.15 Å². The summed E-state index contributed by atoms with van der Waals surface area (Å²) in [7, 11) is 1.62. The summed E-state index contributed by atoms with van der Waals surface area (Å²) in [5.41, 5.74) is 1.35. The van der Waals surface area contributed by atoms with Crippen LogP contribution in [-0.2, 0) is 0 Å². The van der Waals surface area contributed by atoms with E-state index in [9.17, 15) is 4.79 Å². The van der Waals surface area contributed by atoms with Crippen LogP contribution in [0.4, 0.5) is 0 Å². The Balaban J connectivity index is 0.00000134. The molecule has 1 aromatic carbocycles. The van der Waals surface area contributed by atoms with Gasteiger partial charge in [0.05, 0.1) is 12.3 Å². The summed E-state index contributed by atoms with van der Waals surface area (Å²) in [5.74, 6) is 1.31. The zero-order chi connectivity index (χ0) is 19.2. The summed E-state index contributed by atoms with van der Waals surface area (Å²) < 4.78 is 11.0. The second-order valence-electron chi connectivity index (χ2n) is 4.46. The summed E-state index contributed by atoms with van der Waals surface area (Å²) >= 11 is 0. The fraction of sp³-hybridized carbons (Fsp3) is 0.318. The highest BCUT2D eigenvalue weighted by atomic mass is 16.5. The molecule has 0 fully saturated rings. The highest BCUT2D eigenvalue weighted by Crippen LogP contribution is 2.19. The van der Waals surface area contributed by atoms with Crippen LogP contribution >= 0.6 is 0 Å². The second kappa shape index (κ2) is 12.8. The number of hydrogen-bond donors (Lipinski definition) is 0. The van der Waals surface area contributed by atoms with Gasteiger partial charge in [0.15, 0.2) is 5.43 Å². The van der Waals surface area contributed by atoms with E-state index in [0.29, 0.717) is 16.4 Å². The van der Waals surface area contributed by atoms with Crippen molar-refractivity contribution in [2.75, 3.05) is 7.11 Å². The molecule has 0 N–H and O–H groups in total. The number of allylic oxidation sites excluding steroid dienone is 2. The molecule has 0 aliphatic heterocycles. The largest absolute Gasteiger partial charge is 0.497 e. The predicted molar refractivity (Wildman–Crippen MR) is 108 cm³/mol. The maximum Gasteiger partial charge on any atom is 0.192 e. The lowest BCUT2D eigenvalue weighted by Crippen LogP contribution is -2.38. The molecule has 3 nitrogen and oxygen atoms in total. The number of methoxy groups -OCH3 is 1. The monoisotopic (exact) mass is 342 g/mol. The third-order valence-corrected chi connectivity index (χ3v) is 3.12. The first-order valence-electron chi connectivity index (χ1n) is 8.77. The smallest absolute Gasteiger partial charge is 0.192 e. The summed E-state index contributed by atoms with van der Waals surface area (Å²) in [6.07, 6.45) is 7.30. The molecule has 0 radical (unpaired) electrons. The van der Waals surface area contributed by atoms with E-state index in [1.807, 2.05) is 78.0 Å². The molecular formula is C22H30O3. The van der Waals surface area contributed by atoms with Gasteiger partial charge in [0, 0.05) is 11.6 Å². The van der Waals surface area contributed by atoms with E-state index in [1.54, 1.807) is 19.3 Å². The van der Waals surface area contributed by atoms with Crippen molar-refractivity contribution in [3.05, 3.63) is 63.3 Å². The Hall–Kier alpha value is -2.55. The molecule has 0 aliphatic rings. The van der Waals surface area contributed by atoms with Gasteiger partial charge in [0.2, 0.25) is 0 Å². The summed E-state index contributed by atoms with van der Waals surface area (Å²) in [6, 6.07) is 8.93. The molecule has 0 saturated heterocycles. The van der Waals surface area contributed by atoms with Crippen molar-refractivity contribution in [1.29, 1.82) is 0 Å². The van der Waals surface area contributed by atoms with Crippen LogP contribution in [0.2, 0.25) is 0 Å². The van der Waals surface area contributed by atoms with Crippen LogP contribution in [0.15, 0.2) is 51.7 Å². The minimum absolute atomic E-state index is 0.0506. The van der Waals surface area contributed by atoms with Crippen molar-refractivity contribution >= 4 is 12.2 Å². The summed E-state index contributed by atoms with van der Waals surface area (Å²) in [5, 5.41) is 0.574. The van der Waals surface area contributed by atoms with Gasteiger partial charge in [0.1, 0.15) is 16.9 Å². The Morgan fingerprint density at radius 2 is 1.60 bits per heavy atom. The molecule has 0 atom stereocenters. The molecule has 0 spiro atoms. The Bertz CT molecular complexity index is 810. The molecule has 136 valence electrons. The molecule has 2 rings (SSSR count). The van der Waals surface area contributed by atoms with E-state index in [2.05, 4.69) is 0 Å². The van der Waals surface area contributed by atoms with Crippen molar-refractivity contribution in [1.82, 2.24) is 0 Å². The minimum Gasteiger partial charge on any atom is -0.497 e. The molecule has 25 heavy (non-hydrogen) atoms. The average Bonchev–Trinajstić information content (AvgIpc) is 2.69. The predicted octanol–water partition coefficient (Wildman–Crippen LogP) is 4.52. The average molecular weight is 342 g/mol.